The molecular weight excluding hydrogens is 258 g/mol. The van der Waals surface area contributed by atoms with E-state index in [9.17, 15) is 4.79 Å². The molecule has 2 rings (SSSR count). The van der Waals surface area contributed by atoms with Crippen molar-refractivity contribution in [3.63, 3.8) is 0 Å². The van der Waals surface area contributed by atoms with Gasteiger partial charge in [-0.3, -0.25) is 4.79 Å². The van der Waals surface area contributed by atoms with Gasteiger partial charge in [0.05, 0.1) is 18.1 Å². The van der Waals surface area contributed by atoms with Gasteiger partial charge in [0.2, 0.25) is 5.91 Å². The molecule has 0 aliphatic rings. The van der Waals surface area contributed by atoms with Gasteiger partial charge in [-0.05, 0) is 12.1 Å². The Morgan fingerprint density at radius 1 is 1.40 bits per heavy atom. The molecule has 0 fully saturated rings. The summed E-state index contributed by atoms with van der Waals surface area (Å²) in [6.45, 7) is 0.621. The van der Waals surface area contributed by atoms with E-state index in [-0.39, 0.29) is 12.5 Å². The van der Waals surface area contributed by atoms with Crippen LogP contribution in [0.4, 0.5) is 0 Å². The summed E-state index contributed by atoms with van der Waals surface area (Å²) < 4.78 is 12.0. The Balaban J connectivity index is 2.07. The van der Waals surface area contributed by atoms with Crippen LogP contribution in [0.25, 0.3) is 11.0 Å². The van der Waals surface area contributed by atoms with Crippen LogP contribution in [-0.2, 0) is 23.0 Å². The zero-order valence-electron chi connectivity index (χ0n) is 12.0. The van der Waals surface area contributed by atoms with E-state index < -0.39 is 0 Å². The minimum atomic E-state index is -0.118. The number of nitrogens with zero attached hydrogens (tertiary/aromatic N) is 2. The number of rotatable bonds is 6. The van der Waals surface area contributed by atoms with Gasteiger partial charge < -0.3 is 19.4 Å². The standard InChI is InChI=1S/C14H19N3O3/c1-17-12-5-4-10(20-3)8-11(12)16-13(17)6-7-15-14(18)9-19-2/h4-5,8H,6-7,9H2,1-3H3,(H,15,18). The number of amides is 1. The molecule has 0 unspecified atom stereocenters. The fourth-order valence-electron chi connectivity index (χ4n) is 2.08. The predicted molar refractivity (Wildman–Crippen MR) is 75.9 cm³/mol. The van der Waals surface area contributed by atoms with E-state index in [0.29, 0.717) is 13.0 Å². The molecular formula is C14H19N3O3. The molecule has 1 aromatic carbocycles. The number of hydrogen-bond acceptors (Lipinski definition) is 4. The van der Waals surface area contributed by atoms with Crippen LogP contribution < -0.4 is 10.1 Å². The topological polar surface area (TPSA) is 65.4 Å². The summed E-state index contributed by atoms with van der Waals surface area (Å²) in [5.74, 6) is 1.59. The quantitative estimate of drug-likeness (QED) is 0.851. The van der Waals surface area contributed by atoms with Crippen LogP contribution in [0.2, 0.25) is 0 Å². The molecule has 0 saturated heterocycles. The van der Waals surface area contributed by atoms with Crippen LogP contribution in [0.15, 0.2) is 18.2 Å². The zero-order valence-corrected chi connectivity index (χ0v) is 12.0. The number of carbonyl (C=O) groups is 1. The summed E-state index contributed by atoms with van der Waals surface area (Å²) in [6.07, 6.45) is 0.670. The van der Waals surface area contributed by atoms with Gasteiger partial charge in [0, 0.05) is 33.2 Å². The van der Waals surface area contributed by atoms with Gasteiger partial charge in [0.25, 0.3) is 0 Å². The Labute approximate surface area is 117 Å². The number of hydrogen-bond donors (Lipinski definition) is 1. The van der Waals surface area contributed by atoms with Gasteiger partial charge in [0.15, 0.2) is 0 Å². The second-order valence-electron chi connectivity index (χ2n) is 4.47. The van der Waals surface area contributed by atoms with Gasteiger partial charge in [-0.2, -0.15) is 0 Å². The van der Waals surface area contributed by atoms with E-state index in [1.807, 2.05) is 29.8 Å². The summed E-state index contributed by atoms with van der Waals surface area (Å²) in [7, 11) is 5.10. The Morgan fingerprint density at radius 3 is 2.90 bits per heavy atom. The molecule has 0 aliphatic heterocycles. The van der Waals surface area contributed by atoms with Crippen molar-refractivity contribution >= 4 is 16.9 Å². The summed E-state index contributed by atoms with van der Waals surface area (Å²) in [5, 5.41) is 2.78. The first-order chi connectivity index (χ1) is 9.65. The van der Waals surface area contributed by atoms with Crippen molar-refractivity contribution in [2.45, 2.75) is 6.42 Å². The second kappa shape index (κ2) is 6.38. The van der Waals surface area contributed by atoms with Crippen molar-refractivity contribution in [1.29, 1.82) is 0 Å². The maximum atomic E-state index is 11.3. The van der Waals surface area contributed by atoms with Gasteiger partial charge in [0.1, 0.15) is 18.2 Å². The van der Waals surface area contributed by atoms with Crippen LogP contribution in [0.3, 0.4) is 0 Å². The number of ether oxygens (including phenoxy) is 2. The first kappa shape index (κ1) is 14.3. The molecule has 0 spiro atoms. The average Bonchev–Trinajstić information content (AvgIpc) is 2.75. The number of aryl methyl sites for hydroxylation is 1. The van der Waals surface area contributed by atoms with E-state index in [2.05, 4.69) is 10.3 Å². The minimum Gasteiger partial charge on any atom is -0.497 e. The molecule has 2 aromatic rings. The molecule has 0 atom stereocenters. The van der Waals surface area contributed by atoms with Crippen molar-refractivity contribution in [2.24, 2.45) is 7.05 Å². The maximum Gasteiger partial charge on any atom is 0.245 e. The van der Waals surface area contributed by atoms with Crippen molar-refractivity contribution in [3.05, 3.63) is 24.0 Å². The summed E-state index contributed by atoms with van der Waals surface area (Å²) >= 11 is 0. The molecule has 6 heteroatoms. The molecule has 1 aromatic heterocycles. The zero-order chi connectivity index (χ0) is 14.5. The Bertz CT molecular complexity index is 607. The number of carbonyl (C=O) groups excluding carboxylic acids is 1. The van der Waals surface area contributed by atoms with Crippen LogP contribution in [0, 0.1) is 0 Å². The summed E-state index contributed by atoms with van der Waals surface area (Å²) in [5.41, 5.74) is 1.94. The highest BCUT2D eigenvalue weighted by Crippen LogP contribution is 2.20. The highest BCUT2D eigenvalue weighted by molar-refractivity contribution is 5.78. The maximum absolute atomic E-state index is 11.3. The lowest BCUT2D eigenvalue weighted by Crippen LogP contribution is -2.29. The van der Waals surface area contributed by atoms with E-state index >= 15 is 0 Å². The van der Waals surface area contributed by atoms with Crippen molar-refractivity contribution < 1.29 is 14.3 Å². The number of aromatic nitrogens is 2. The van der Waals surface area contributed by atoms with Gasteiger partial charge >= 0.3 is 0 Å². The summed E-state index contributed by atoms with van der Waals surface area (Å²) in [4.78, 5) is 15.9. The Hall–Kier alpha value is -2.08. The van der Waals surface area contributed by atoms with Crippen LogP contribution in [-0.4, -0.2) is 42.8 Å². The van der Waals surface area contributed by atoms with E-state index in [1.54, 1.807) is 7.11 Å². The first-order valence-corrected chi connectivity index (χ1v) is 6.40. The molecule has 0 saturated carbocycles. The highest BCUT2D eigenvalue weighted by Gasteiger charge is 2.09. The van der Waals surface area contributed by atoms with E-state index in [4.69, 9.17) is 9.47 Å². The number of methoxy groups -OCH3 is 2. The largest absolute Gasteiger partial charge is 0.497 e. The van der Waals surface area contributed by atoms with Crippen molar-refractivity contribution in [1.82, 2.24) is 14.9 Å². The Morgan fingerprint density at radius 2 is 2.20 bits per heavy atom. The molecule has 20 heavy (non-hydrogen) atoms. The smallest absolute Gasteiger partial charge is 0.245 e. The third-order valence-electron chi connectivity index (χ3n) is 3.13. The molecule has 0 aliphatic carbocycles. The van der Waals surface area contributed by atoms with Crippen molar-refractivity contribution in [3.8, 4) is 5.75 Å². The van der Waals surface area contributed by atoms with Gasteiger partial charge in [-0.15, -0.1) is 0 Å². The third kappa shape index (κ3) is 3.08. The fraction of sp³-hybridized carbons (Fsp3) is 0.429. The lowest BCUT2D eigenvalue weighted by molar-refractivity contribution is -0.124. The van der Waals surface area contributed by atoms with E-state index in [1.165, 1.54) is 7.11 Å². The average molecular weight is 277 g/mol. The molecule has 108 valence electrons. The van der Waals surface area contributed by atoms with Crippen molar-refractivity contribution in [2.75, 3.05) is 27.4 Å². The predicted octanol–water partition coefficient (Wildman–Crippen LogP) is 0.887. The number of nitrogens with one attached hydrogen (secondary N) is 1. The normalized spacial score (nSPS) is 10.8. The number of imidazole rings is 1. The molecule has 1 heterocycles. The van der Waals surface area contributed by atoms with Crippen LogP contribution >= 0.6 is 0 Å². The number of fused-ring (bicyclic) bond motifs is 1. The van der Waals surface area contributed by atoms with Gasteiger partial charge in [-0.25, -0.2) is 4.98 Å². The molecule has 6 nitrogen and oxygen atoms in total. The number of benzene rings is 1. The fourth-order valence-corrected chi connectivity index (χ4v) is 2.08. The minimum absolute atomic E-state index is 0.0831. The SMILES string of the molecule is COCC(=O)NCCc1nc2cc(OC)ccc2n1C. The van der Waals surface area contributed by atoms with Crippen LogP contribution in [0.5, 0.6) is 5.75 Å². The molecule has 0 bridgehead atoms. The molecule has 1 N–H and O–H groups in total. The van der Waals surface area contributed by atoms with Gasteiger partial charge in [-0.1, -0.05) is 0 Å². The second-order valence-corrected chi connectivity index (χ2v) is 4.47. The lowest BCUT2D eigenvalue weighted by Gasteiger charge is -2.05. The molecule has 0 radical (unpaired) electrons. The third-order valence-corrected chi connectivity index (χ3v) is 3.13. The lowest BCUT2D eigenvalue weighted by atomic mass is 10.3. The van der Waals surface area contributed by atoms with Crippen LogP contribution in [0.1, 0.15) is 5.82 Å². The first-order valence-electron chi connectivity index (χ1n) is 6.40. The Kier molecular flexibility index (Phi) is 4.57. The van der Waals surface area contributed by atoms with E-state index in [0.717, 1.165) is 22.6 Å². The molecule has 1 amide bonds. The monoisotopic (exact) mass is 277 g/mol. The highest BCUT2D eigenvalue weighted by atomic mass is 16.5. The summed E-state index contributed by atoms with van der Waals surface area (Å²) in [6, 6.07) is 5.80.